The maximum Gasteiger partial charge on any atom is 0.328 e. The number of rotatable bonds is 2. The first-order valence-electron chi connectivity index (χ1n) is 4.64. The zero-order chi connectivity index (χ0) is 11.6. The van der Waals surface area contributed by atoms with Crippen molar-refractivity contribution in [2.75, 3.05) is 0 Å². The predicted octanol–water partition coefficient (Wildman–Crippen LogP) is 2.42. The van der Waals surface area contributed by atoms with Crippen molar-refractivity contribution in [1.82, 2.24) is 0 Å². The molecule has 0 spiro atoms. The lowest BCUT2D eigenvalue weighted by atomic mass is 9.99. The molecule has 0 fully saturated rings. The average molecular weight is 206 g/mol. The van der Waals surface area contributed by atoms with E-state index in [1.54, 1.807) is 0 Å². The number of phenolic OH excluding ortho intramolecular Hbond substituents is 1. The molecule has 15 heavy (non-hydrogen) atoms. The highest BCUT2D eigenvalue weighted by molar-refractivity contribution is 5.86. The average Bonchev–Trinajstić information content (AvgIpc) is 2.14. The largest absolute Gasteiger partial charge is 0.507 e. The van der Waals surface area contributed by atoms with Gasteiger partial charge in [0.05, 0.1) is 0 Å². The molecule has 3 nitrogen and oxygen atoms in total. The van der Waals surface area contributed by atoms with Crippen LogP contribution < -0.4 is 0 Å². The molecule has 0 bridgehead atoms. The van der Waals surface area contributed by atoms with E-state index in [1.165, 1.54) is 6.08 Å². The summed E-state index contributed by atoms with van der Waals surface area (Å²) < 4.78 is 0. The molecular formula is C12H14O3. The van der Waals surface area contributed by atoms with Crippen molar-refractivity contribution in [2.24, 2.45) is 0 Å². The molecule has 1 rings (SSSR count). The van der Waals surface area contributed by atoms with E-state index >= 15 is 0 Å². The van der Waals surface area contributed by atoms with Gasteiger partial charge >= 0.3 is 5.97 Å². The van der Waals surface area contributed by atoms with Gasteiger partial charge in [0.15, 0.2) is 0 Å². The van der Waals surface area contributed by atoms with Crippen LogP contribution in [0.3, 0.4) is 0 Å². The summed E-state index contributed by atoms with van der Waals surface area (Å²) in [5.74, 6) is -0.864. The second-order valence-electron chi connectivity index (χ2n) is 3.57. The third-order valence-corrected chi connectivity index (χ3v) is 2.45. The summed E-state index contributed by atoms with van der Waals surface area (Å²) in [6.45, 7) is 5.56. The number of carboxylic acids is 1. The fraction of sp³-hybridized carbons (Fsp3) is 0.250. The highest BCUT2D eigenvalue weighted by Crippen LogP contribution is 2.29. The fourth-order valence-electron chi connectivity index (χ4n) is 1.45. The number of aryl methyl sites for hydroxylation is 2. The second kappa shape index (κ2) is 4.17. The monoisotopic (exact) mass is 206 g/mol. The summed E-state index contributed by atoms with van der Waals surface area (Å²) in [5, 5.41) is 18.3. The van der Waals surface area contributed by atoms with Crippen LogP contribution in [0.25, 0.3) is 6.08 Å². The van der Waals surface area contributed by atoms with Crippen molar-refractivity contribution in [3.05, 3.63) is 34.4 Å². The van der Waals surface area contributed by atoms with Crippen molar-refractivity contribution in [1.29, 1.82) is 0 Å². The Morgan fingerprint density at radius 1 is 1.27 bits per heavy atom. The van der Waals surface area contributed by atoms with Crippen LogP contribution in [-0.4, -0.2) is 16.2 Å². The molecule has 0 aliphatic carbocycles. The molecule has 0 radical (unpaired) electrons. The van der Waals surface area contributed by atoms with Crippen LogP contribution in [0.1, 0.15) is 22.3 Å². The van der Waals surface area contributed by atoms with Crippen molar-refractivity contribution in [3.63, 3.8) is 0 Å². The third kappa shape index (κ3) is 2.37. The molecule has 0 aromatic heterocycles. The number of hydrogen-bond acceptors (Lipinski definition) is 2. The summed E-state index contributed by atoms with van der Waals surface area (Å²) in [4.78, 5) is 10.4. The van der Waals surface area contributed by atoms with E-state index in [0.29, 0.717) is 5.56 Å². The van der Waals surface area contributed by atoms with Crippen molar-refractivity contribution in [3.8, 4) is 5.75 Å². The van der Waals surface area contributed by atoms with Gasteiger partial charge < -0.3 is 10.2 Å². The van der Waals surface area contributed by atoms with Crippen LogP contribution in [0.2, 0.25) is 0 Å². The molecule has 0 saturated carbocycles. The zero-order valence-corrected chi connectivity index (χ0v) is 9.03. The summed E-state index contributed by atoms with van der Waals surface area (Å²) in [5.41, 5.74) is 3.22. The van der Waals surface area contributed by atoms with Crippen molar-refractivity contribution in [2.45, 2.75) is 20.8 Å². The van der Waals surface area contributed by atoms with E-state index in [9.17, 15) is 9.90 Å². The summed E-state index contributed by atoms with van der Waals surface area (Å²) in [6.07, 6.45) is 2.44. The van der Waals surface area contributed by atoms with E-state index in [4.69, 9.17) is 5.11 Å². The van der Waals surface area contributed by atoms with Gasteiger partial charge in [-0.1, -0.05) is 6.07 Å². The third-order valence-electron chi connectivity index (χ3n) is 2.45. The number of phenols is 1. The lowest BCUT2D eigenvalue weighted by molar-refractivity contribution is -0.131. The molecule has 1 aromatic carbocycles. The lowest BCUT2D eigenvalue weighted by Gasteiger charge is -2.09. The van der Waals surface area contributed by atoms with Crippen LogP contribution >= 0.6 is 0 Å². The Hall–Kier alpha value is -1.77. The molecule has 0 saturated heterocycles. The maximum absolute atomic E-state index is 10.4. The molecule has 2 N–H and O–H groups in total. The number of carboxylic acid groups (broad SMARTS) is 1. The minimum atomic E-state index is -1.02. The van der Waals surface area contributed by atoms with E-state index < -0.39 is 5.97 Å². The van der Waals surface area contributed by atoms with E-state index in [0.717, 1.165) is 22.8 Å². The molecule has 0 aliphatic rings. The zero-order valence-electron chi connectivity index (χ0n) is 9.03. The van der Waals surface area contributed by atoms with E-state index in [1.807, 2.05) is 26.8 Å². The molecule has 0 unspecified atom stereocenters. The van der Waals surface area contributed by atoms with Gasteiger partial charge in [-0.25, -0.2) is 4.79 Å². The SMILES string of the molecule is Cc1cc(C)c(/C=C/C(=O)O)c(O)c1C. The Morgan fingerprint density at radius 2 is 1.87 bits per heavy atom. The normalized spacial score (nSPS) is 10.9. The molecule has 80 valence electrons. The van der Waals surface area contributed by atoms with Crippen LogP contribution in [0.15, 0.2) is 12.1 Å². The lowest BCUT2D eigenvalue weighted by Crippen LogP contribution is -1.91. The molecule has 0 amide bonds. The van der Waals surface area contributed by atoms with E-state index in [-0.39, 0.29) is 5.75 Å². The minimum Gasteiger partial charge on any atom is -0.507 e. The van der Waals surface area contributed by atoms with Gasteiger partial charge in [-0.15, -0.1) is 0 Å². The predicted molar refractivity (Wildman–Crippen MR) is 59.0 cm³/mol. The number of benzene rings is 1. The van der Waals surface area contributed by atoms with Gasteiger partial charge in [-0.3, -0.25) is 0 Å². The van der Waals surface area contributed by atoms with E-state index in [2.05, 4.69) is 0 Å². The molecular weight excluding hydrogens is 192 g/mol. The quantitative estimate of drug-likeness (QED) is 0.730. The first kappa shape index (κ1) is 11.3. The number of aliphatic carboxylic acids is 1. The maximum atomic E-state index is 10.4. The minimum absolute atomic E-state index is 0.157. The van der Waals surface area contributed by atoms with Gasteiger partial charge in [-0.05, 0) is 43.5 Å². The first-order chi connectivity index (χ1) is 6.93. The Balaban J connectivity index is 3.30. The summed E-state index contributed by atoms with van der Waals surface area (Å²) in [6, 6.07) is 1.93. The number of aromatic hydroxyl groups is 1. The van der Waals surface area contributed by atoms with Gasteiger partial charge in [0, 0.05) is 11.6 Å². The van der Waals surface area contributed by atoms with Crippen LogP contribution in [0, 0.1) is 20.8 Å². The Kier molecular flexibility index (Phi) is 3.14. The number of hydrogen-bond donors (Lipinski definition) is 2. The van der Waals surface area contributed by atoms with Gasteiger partial charge in [0.25, 0.3) is 0 Å². The highest BCUT2D eigenvalue weighted by Gasteiger charge is 2.08. The van der Waals surface area contributed by atoms with Gasteiger partial charge in [-0.2, -0.15) is 0 Å². The highest BCUT2D eigenvalue weighted by atomic mass is 16.4. The van der Waals surface area contributed by atoms with Gasteiger partial charge in [0.1, 0.15) is 5.75 Å². The van der Waals surface area contributed by atoms with Gasteiger partial charge in [0.2, 0.25) is 0 Å². The van der Waals surface area contributed by atoms with Crippen molar-refractivity contribution < 1.29 is 15.0 Å². The van der Waals surface area contributed by atoms with Crippen LogP contribution in [-0.2, 0) is 4.79 Å². The topological polar surface area (TPSA) is 57.5 Å². The smallest absolute Gasteiger partial charge is 0.328 e. The molecule has 0 atom stereocenters. The molecule has 0 aliphatic heterocycles. The number of carbonyl (C=O) groups is 1. The van der Waals surface area contributed by atoms with Crippen LogP contribution in [0.4, 0.5) is 0 Å². The molecule has 1 aromatic rings. The fourth-order valence-corrected chi connectivity index (χ4v) is 1.45. The Bertz CT molecular complexity index is 431. The van der Waals surface area contributed by atoms with Crippen LogP contribution in [0.5, 0.6) is 5.75 Å². The second-order valence-corrected chi connectivity index (χ2v) is 3.57. The first-order valence-corrected chi connectivity index (χ1v) is 4.64. The summed E-state index contributed by atoms with van der Waals surface area (Å²) >= 11 is 0. The van der Waals surface area contributed by atoms with Crippen molar-refractivity contribution >= 4 is 12.0 Å². The Labute approximate surface area is 88.7 Å². The summed E-state index contributed by atoms with van der Waals surface area (Å²) in [7, 11) is 0. The standard InChI is InChI=1S/C12H14O3/c1-7-6-8(2)10(4-5-11(13)14)12(15)9(7)3/h4-6,15H,1-3H3,(H,13,14)/b5-4+. The molecule has 3 heteroatoms. The Morgan fingerprint density at radius 3 is 2.40 bits per heavy atom. The molecule has 0 heterocycles.